The molecule has 0 aliphatic carbocycles. The Bertz CT molecular complexity index is 723. The van der Waals surface area contributed by atoms with E-state index in [9.17, 15) is 4.39 Å². The van der Waals surface area contributed by atoms with Crippen LogP contribution in [0.3, 0.4) is 0 Å². The lowest BCUT2D eigenvalue weighted by Gasteiger charge is -2.13. The minimum absolute atomic E-state index is 0.217. The number of nitrogens with zero attached hydrogens (tertiary/aromatic N) is 2. The van der Waals surface area contributed by atoms with Crippen LogP contribution in [-0.2, 0) is 6.42 Å². The maximum Gasteiger partial charge on any atom is 0.131 e. The summed E-state index contributed by atoms with van der Waals surface area (Å²) in [5, 5.41) is 6.71. The monoisotopic (exact) mass is 354 g/mol. The molecule has 4 nitrogen and oxygen atoms in total. The van der Waals surface area contributed by atoms with Gasteiger partial charge in [0.15, 0.2) is 0 Å². The predicted octanol–water partition coefficient (Wildman–Crippen LogP) is 3.94. The van der Waals surface area contributed by atoms with Crippen LogP contribution < -0.4 is 10.6 Å². The molecule has 2 N–H and O–H groups in total. The molecule has 0 amide bonds. The Morgan fingerprint density at radius 1 is 1.12 bits per heavy atom. The number of para-hydroxylation sites is 1. The number of benzene rings is 2. The van der Waals surface area contributed by atoms with E-state index >= 15 is 0 Å². The quantitative estimate of drug-likeness (QED) is 0.407. The zero-order valence-corrected chi connectivity index (χ0v) is 15.5. The first-order valence-corrected chi connectivity index (χ1v) is 8.89. The lowest BCUT2D eigenvalue weighted by molar-refractivity contribution is 0.560. The van der Waals surface area contributed by atoms with Gasteiger partial charge >= 0.3 is 0 Å². The Hall–Kier alpha value is -2.53. The van der Waals surface area contributed by atoms with E-state index in [0.29, 0.717) is 19.1 Å². The van der Waals surface area contributed by atoms with Crippen LogP contribution in [0.25, 0.3) is 0 Å². The summed E-state index contributed by atoms with van der Waals surface area (Å²) in [6, 6.07) is 14.4. The molecule has 0 bridgehead atoms. The first kappa shape index (κ1) is 19.8. The maximum absolute atomic E-state index is 13.0. The summed E-state index contributed by atoms with van der Waals surface area (Å²) in [6.07, 6.45) is 0.780. The van der Waals surface area contributed by atoms with Crippen molar-refractivity contribution in [1.29, 1.82) is 0 Å². The topological polar surface area (TPSA) is 48.8 Å². The van der Waals surface area contributed by atoms with Crippen molar-refractivity contribution in [3.05, 3.63) is 65.5 Å². The smallest absolute Gasteiger partial charge is 0.131 e. The molecule has 2 rings (SSSR count). The molecule has 0 aromatic heterocycles. The Kier molecular flexibility index (Phi) is 7.96. The van der Waals surface area contributed by atoms with E-state index < -0.39 is 0 Å². The second-order valence-corrected chi connectivity index (χ2v) is 6.49. The number of hydrogen-bond acceptors (Lipinski definition) is 3. The molecular formula is C21H27FN4. The fourth-order valence-corrected chi connectivity index (χ4v) is 2.51. The van der Waals surface area contributed by atoms with Gasteiger partial charge in [-0.2, -0.15) is 0 Å². The van der Waals surface area contributed by atoms with Crippen LogP contribution in [0.2, 0.25) is 0 Å². The zero-order valence-electron chi connectivity index (χ0n) is 15.5. The molecule has 0 unspecified atom stereocenters. The number of hydrogen-bond donors (Lipinski definition) is 2. The van der Waals surface area contributed by atoms with Crippen molar-refractivity contribution >= 4 is 18.2 Å². The molecule has 0 heterocycles. The van der Waals surface area contributed by atoms with Crippen LogP contribution in [0.15, 0.2) is 58.5 Å². The second kappa shape index (κ2) is 10.5. The first-order chi connectivity index (χ1) is 12.6. The first-order valence-electron chi connectivity index (χ1n) is 8.89. The second-order valence-electron chi connectivity index (χ2n) is 6.49. The van der Waals surface area contributed by atoms with Gasteiger partial charge in [-0.25, -0.2) is 4.39 Å². The van der Waals surface area contributed by atoms with Crippen molar-refractivity contribution in [3.63, 3.8) is 0 Å². The molecule has 138 valence electrons. The lowest BCUT2D eigenvalue weighted by Crippen LogP contribution is -2.29. The molecule has 0 saturated carbocycles. The molecule has 2 aromatic rings. The lowest BCUT2D eigenvalue weighted by atomic mass is 10.1. The fraction of sp³-hybridized carbons (Fsp3) is 0.333. The van der Waals surface area contributed by atoms with E-state index in [0.717, 1.165) is 35.6 Å². The summed E-state index contributed by atoms with van der Waals surface area (Å²) in [5.41, 5.74) is 2.80. The van der Waals surface area contributed by atoms with Gasteiger partial charge in [0.1, 0.15) is 11.7 Å². The summed E-state index contributed by atoms with van der Waals surface area (Å²) in [7, 11) is 0. The molecule has 0 spiro atoms. The van der Waals surface area contributed by atoms with Gasteiger partial charge in [-0.15, -0.1) is 0 Å². The van der Waals surface area contributed by atoms with Gasteiger partial charge in [0, 0.05) is 12.1 Å². The van der Waals surface area contributed by atoms with Crippen molar-refractivity contribution in [2.45, 2.75) is 20.3 Å². The summed E-state index contributed by atoms with van der Waals surface area (Å²) < 4.78 is 13.0. The van der Waals surface area contributed by atoms with Gasteiger partial charge in [-0.1, -0.05) is 38.1 Å². The largest absolute Gasteiger partial charge is 0.369 e. The van der Waals surface area contributed by atoms with E-state index in [1.54, 1.807) is 12.1 Å². The highest BCUT2D eigenvalue weighted by Crippen LogP contribution is 2.18. The van der Waals surface area contributed by atoms with Gasteiger partial charge in [0.25, 0.3) is 0 Å². The van der Waals surface area contributed by atoms with Crippen LogP contribution in [0.1, 0.15) is 25.0 Å². The van der Waals surface area contributed by atoms with Gasteiger partial charge < -0.3 is 5.32 Å². The Morgan fingerprint density at radius 2 is 1.85 bits per heavy atom. The van der Waals surface area contributed by atoms with E-state index in [1.807, 2.05) is 24.3 Å². The molecule has 0 aliphatic heterocycles. The van der Waals surface area contributed by atoms with Gasteiger partial charge in [-0.3, -0.25) is 15.3 Å². The average Bonchev–Trinajstić information content (AvgIpc) is 2.65. The predicted molar refractivity (Wildman–Crippen MR) is 108 cm³/mol. The molecule has 0 aliphatic rings. The number of nitrogens with one attached hydrogen (secondary N) is 2. The SMILES string of the molecule is C=Nc1ccccc1/C(=N\CNCC(C)C)NCCc1ccc(F)cc1. The van der Waals surface area contributed by atoms with E-state index in [1.165, 1.54) is 12.1 Å². The highest BCUT2D eigenvalue weighted by molar-refractivity contribution is 6.03. The van der Waals surface area contributed by atoms with Gasteiger partial charge in [-0.05, 0) is 55.4 Å². The highest BCUT2D eigenvalue weighted by Gasteiger charge is 2.08. The zero-order chi connectivity index (χ0) is 18.8. The van der Waals surface area contributed by atoms with Crippen LogP contribution in [-0.4, -0.2) is 32.3 Å². The maximum atomic E-state index is 13.0. The molecule has 5 heteroatoms. The van der Waals surface area contributed by atoms with Crippen molar-refractivity contribution < 1.29 is 4.39 Å². The third-order valence-corrected chi connectivity index (χ3v) is 3.85. The Labute approximate surface area is 155 Å². The minimum Gasteiger partial charge on any atom is -0.369 e. The normalized spacial score (nSPS) is 11.6. The van der Waals surface area contributed by atoms with E-state index in [4.69, 9.17) is 0 Å². The number of rotatable bonds is 9. The summed E-state index contributed by atoms with van der Waals surface area (Å²) in [5.74, 6) is 1.14. The summed E-state index contributed by atoms with van der Waals surface area (Å²) in [4.78, 5) is 8.76. The van der Waals surface area contributed by atoms with Gasteiger partial charge in [0.2, 0.25) is 0 Å². The standard InChI is InChI=1S/C21H27FN4/c1-16(2)14-24-15-26-21(19-6-4-5-7-20(19)23-3)25-13-12-17-8-10-18(22)11-9-17/h4-11,16,24H,3,12-15H2,1-2H3,(H,25,26). The molecular weight excluding hydrogens is 327 g/mol. The fourth-order valence-electron chi connectivity index (χ4n) is 2.51. The Balaban J connectivity index is 2.05. The molecule has 0 atom stereocenters. The van der Waals surface area contributed by atoms with Crippen LogP contribution in [0, 0.1) is 11.7 Å². The minimum atomic E-state index is -0.217. The average molecular weight is 354 g/mol. The number of halogens is 1. The van der Waals surface area contributed by atoms with E-state index in [2.05, 4.69) is 41.2 Å². The van der Waals surface area contributed by atoms with Crippen molar-refractivity contribution in [2.24, 2.45) is 15.9 Å². The molecule has 0 fully saturated rings. The Morgan fingerprint density at radius 3 is 2.54 bits per heavy atom. The van der Waals surface area contributed by atoms with Crippen LogP contribution in [0.4, 0.5) is 10.1 Å². The summed E-state index contributed by atoms with van der Waals surface area (Å²) >= 11 is 0. The third-order valence-electron chi connectivity index (χ3n) is 3.85. The van der Waals surface area contributed by atoms with Crippen LogP contribution in [0.5, 0.6) is 0 Å². The van der Waals surface area contributed by atoms with Crippen molar-refractivity contribution in [2.75, 3.05) is 19.8 Å². The van der Waals surface area contributed by atoms with Gasteiger partial charge in [0.05, 0.1) is 12.4 Å². The molecule has 26 heavy (non-hydrogen) atoms. The summed E-state index contributed by atoms with van der Waals surface area (Å²) in [6.45, 7) is 10.1. The third kappa shape index (κ3) is 6.41. The van der Waals surface area contributed by atoms with Crippen molar-refractivity contribution in [1.82, 2.24) is 10.6 Å². The van der Waals surface area contributed by atoms with Crippen LogP contribution >= 0.6 is 0 Å². The number of amidine groups is 1. The molecule has 0 radical (unpaired) electrons. The number of aliphatic imine (C=N–C) groups is 2. The highest BCUT2D eigenvalue weighted by atomic mass is 19.1. The molecule has 0 saturated heterocycles. The molecule has 2 aromatic carbocycles. The van der Waals surface area contributed by atoms with E-state index in [-0.39, 0.29) is 5.82 Å². The van der Waals surface area contributed by atoms with Crippen molar-refractivity contribution in [3.8, 4) is 0 Å².